The maximum Gasteiger partial charge on any atom is 0.492 e. The van der Waals surface area contributed by atoms with Crippen LogP contribution in [-0.2, 0) is 9.30 Å². The van der Waals surface area contributed by atoms with E-state index in [1.807, 2.05) is 20.8 Å². The lowest BCUT2D eigenvalue weighted by molar-refractivity contribution is 0.0600. The number of methoxy groups -OCH3 is 1. The molecule has 2 rings (SSSR count). The average molecular weight is 429 g/mol. The van der Waals surface area contributed by atoms with Gasteiger partial charge < -0.3 is 13.8 Å². The standard InChI is InChI=1S/C19H22ClO5PS/c1-13(2)12-27-26(22,25-18-10-7-16(20)11-14(18)3)24-17-8-5-15(6-9-17)19(21)23-4/h5-11,13H,12H2,1-4H3. The minimum absolute atomic E-state index is 0.309. The lowest BCUT2D eigenvalue weighted by atomic mass is 10.2. The Morgan fingerprint density at radius 3 is 2.37 bits per heavy atom. The Kier molecular flexibility index (Phi) is 7.66. The number of benzene rings is 2. The van der Waals surface area contributed by atoms with Gasteiger partial charge in [-0.05, 0) is 72.3 Å². The van der Waals surface area contributed by atoms with Crippen molar-refractivity contribution in [2.24, 2.45) is 5.92 Å². The van der Waals surface area contributed by atoms with Crippen LogP contribution in [0.15, 0.2) is 42.5 Å². The molecule has 146 valence electrons. The Morgan fingerprint density at radius 1 is 1.15 bits per heavy atom. The van der Waals surface area contributed by atoms with Crippen molar-refractivity contribution in [1.29, 1.82) is 0 Å². The van der Waals surface area contributed by atoms with E-state index >= 15 is 0 Å². The first-order valence-corrected chi connectivity index (χ1v) is 11.8. The Hall–Kier alpha value is -1.62. The Labute approximate surface area is 168 Å². The predicted molar refractivity (Wildman–Crippen MR) is 110 cm³/mol. The van der Waals surface area contributed by atoms with E-state index in [-0.39, 0.29) is 0 Å². The highest BCUT2D eigenvalue weighted by Crippen LogP contribution is 2.60. The summed E-state index contributed by atoms with van der Waals surface area (Å²) in [6.45, 7) is 2.32. The van der Waals surface area contributed by atoms with Crippen molar-refractivity contribution < 1.29 is 23.1 Å². The monoisotopic (exact) mass is 428 g/mol. The normalized spacial score (nSPS) is 13.1. The van der Waals surface area contributed by atoms with Gasteiger partial charge in [-0.3, -0.25) is 0 Å². The Balaban J connectivity index is 2.24. The second kappa shape index (κ2) is 9.54. The number of rotatable bonds is 8. The molecule has 1 atom stereocenters. The van der Waals surface area contributed by atoms with Gasteiger partial charge in [0.15, 0.2) is 0 Å². The fourth-order valence-corrected chi connectivity index (χ4v) is 5.98. The lowest BCUT2D eigenvalue weighted by Gasteiger charge is -2.21. The molecule has 2 aromatic rings. The molecule has 0 spiro atoms. The van der Waals surface area contributed by atoms with Gasteiger partial charge in [0, 0.05) is 10.8 Å². The average Bonchev–Trinajstić information content (AvgIpc) is 2.62. The topological polar surface area (TPSA) is 61.8 Å². The number of aryl methyl sites for hydroxylation is 1. The van der Waals surface area contributed by atoms with Crippen LogP contribution in [0.25, 0.3) is 0 Å². The SMILES string of the molecule is COC(=O)c1ccc(OP(=O)(Oc2ccc(Cl)cc2C)SCC(C)C)cc1. The van der Waals surface area contributed by atoms with Crippen LogP contribution < -0.4 is 9.05 Å². The summed E-state index contributed by atoms with van der Waals surface area (Å²) in [5, 5.41) is 0.573. The molecule has 0 fully saturated rings. The van der Waals surface area contributed by atoms with Gasteiger partial charge in [0.1, 0.15) is 11.5 Å². The summed E-state index contributed by atoms with van der Waals surface area (Å²) in [5.74, 6) is 1.25. The molecule has 5 nitrogen and oxygen atoms in total. The summed E-state index contributed by atoms with van der Waals surface area (Å²) in [5.41, 5.74) is 1.14. The molecule has 8 heteroatoms. The maximum atomic E-state index is 13.4. The first kappa shape index (κ1) is 21.7. The van der Waals surface area contributed by atoms with E-state index in [4.69, 9.17) is 20.6 Å². The minimum Gasteiger partial charge on any atom is -0.465 e. The molecule has 0 aliphatic heterocycles. The molecule has 2 aromatic carbocycles. The van der Waals surface area contributed by atoms with Crippen molar-refractivity contribution in [3.05, 3.63) is 58.6 Å². The van der Waals surface area contributed by atoms with Crippen LogP contribution in [-0.4, -0.2) is 18.8 Å². The van der Waals surface area contributed by atoms with E-state index in [0.29, 0.717) is 33.8 Å². The summed E-state index contributed by atoms with van der Waals surface area (Å²) < 4.78 is 29.5. The van der Waals surface area contributed by atoms with Crippen molar-refractivity contribution in [3.8, 4) is 11.5 Å². The summed E-state index contributed by atoms with van der Waals surface area (Å²) in [6.07, 6.45) is 0. The van der Waals surface area contributed by atoms with Crippen molar-refractivity contribution in [2.45, 2.75) is 20.8 Å². The fourth-order valence-electron chi connectivity index (χ4n) is 2.05. The van der Waals surface area contributed by atoms with Crippen molar-refractivity contribution >= 4 is 35.7 Å². The molecule has 0 aliphatic carbocycles. The number of ether oxygens (including phenoxy) is 1. The molecule has 0 aromatic heterocycles. The highest BCUT2D eigenvalue weighted by atomic mass is 35.5. The smallest absolute Gasteiger partial charge is 0.465 e. The van der Waals surface area contributed by atoms with E-state index in [0.717, 1.165) is 16.9 Å². The van der Waals surface area contributed by atoms with Gasteiger partial charge in [0.25, 0.3) is 0 Å². The lowest BCUT2D eigenvalue weighted by Crippen LogP contribution is -2.03. The summed E-state index contributed by atoms with van der Waals surface area (Å²) >= 11 is 7.11. The van der Waals surface area contributed by atoms with Crippen LogP contribution >= 0.6 is 29.8 Å². The third-order valence-corrected chi connectivity index (χ3v) is 7.47. The zero-order chi connectivity index (χ0) is 20.0. The van der Waals surface area contributed by atoms with E-state index in [1.54, 1.807) is 42.5 Å². The van der Waals surface area contributed by atoms with Crippen LogP contribution in [0, 0.1) is 12.8 Å². The summed E-state index contributed by atoms with van der Waals surface area (Å²) in [4.78, 5) is 11.5. The van der Waals surface area contributed by atoms with E-state index < -0.39 is 12.8 Å². The quantitative estimate of drug-likeness (QED) is 0.358. The molecule has 0 saturated heterocycles. The molecule has 0 radical (unpaired) electrons. The van der Waals surface area contributed by atoms with Gasteiger partial charge in [0.2, 0.25) is 0 Å². The van der Waals surface area contributed by atoms with Gasteiger partial charge in [-0.25, -0.2) is 9.36 Å². The molecule has 0 saturated carbocycles. The zero-order valence-electron chi connectivity index (χ0n) is 15.6. The Bertz CT molecular complexity index is 838. The second-order valence-electron chi connectivity index (χ2n) is 6.25. The number of hydrogen-bond acceptors (Lipinski definition) is 6. The molecule has 27 heavy (non-hydrogen) atoms. The van der Waals surface area contributed by atoms with Gasteiger partial charge in [-0.15, -0.1) is 0 Å². The van der Waals surface area contributed by atoms with Crippen molar-refractivity contribution in [1.82, 2.24) is 0 Å². The van der Waals surface area contributed by atoms with Crippen LogP contribution in [0.4, 0.5) is 0 Å². The minimum atomic E-state index is -3.55. The summed E-state index contributed by atoms with van der Waals surface area (Å²) in [6, 6.07) is 11.3. The largest absolute Gasteiger partial charge is 0.492 e. The van der Waals surface area contributed by atoms with Gasteiger partial charge in [-0.1, -0.05) is 25.4 Å². The number of halogens is 1. The number of hydrogen-bond donors (Lipinski definition) is 0. The molecule has 0 amide bonds. The molecule has 0 aliphatic rings. The predicted octanol–water partition coefficient (Wildman–Crippen LogP) is 6.39. The molecular formula is C19H22ClO5PS. The van der Waals surface area contributed by atoms with E-state index in [2.05, 4.69) is 4.74 Å². The van der Waals surface area contributed by atoms with Crippen LogP contribution in [0.1, 0.15) is 29.8 Å². The second-order valence-corrected chi connectivity index (χ2v) is 10.6. The third kappa shape index (κ3) is 6.49. The van der Waals surface area contributed by atoms with Gasteiger partial charge in [0.05, 0.1) is 12.7 Å². The Morgan fingerprint density at radius 2 is 1.81 bits per heavy atom. The molecule has 0 N–H and O–H groups in total. The van der Waals surface area contributed by atoms with Crippen LogP contribution in [0.3, 0.4) is 0 Å². The highest BCUT2D eigenvalue weighted by molar-refractivity contribution is 8.55. The highest BCUT2D eigenvalue weighted by Gasteiger charge is 2.30. The molecule has 1 unspecified atom stereocenters. The molecule has 0 bridgehead atoms. The molecule has 0 heterocycles. The number of esters is 1. The first-order chi connectivity index (χ1) is 12.7. The zero-order valence-corrected chi connectivity index (χ0v) is 18.1. The van der Waals surface area contributed by atoms with Gasteiger partial charge in [-0.2, -0.15) is 0 Å². The van der Waals surface area contributed by atoms with Crippen LogP contribution in [0.5, 0.6) is 11.5 Å². The van der Waals surface area contributed by atoms with Crippen LogP contribution in [0.2, 0.25) is 5.02 Å². The van der Waals surface area contributed by atoms with E-state index in [1.165, 1.54) is 7.11 Å². The van der Waals surface area contributed by atoms with E-state index in [9.17, 15) is 9.36 Å². The first-order valence-electron chi connectivity index (χ1n) is 8.31. The third-order valence-electron chi connectivity index (χ3n) is 3.41. The van der Waals surface area contributed by atoms with Gasteiger partial charge >= 0.3 is 12.8 Å². The maximum absolute atomic E-state index is 13.4. The van der Waals surface area contributed by atoms with Crippen molar-refractivity contribution in [3.63, 3.8) is 0 Å². The number of carbonyl (C=O) groups is 1. The fraction of sp³-hybridized carbons (Fsp3) is 0.316. The summed E-state index contributed by atoms with van der Waals surface area (Å²) in [7, 11) is 1.31. The number of carbonyl (C=O) groups excluding carboxylic acids is 1. The van der Waals surface area contributed by atoms with Crippen molar-refractivity contribution in [2.75, 3.05) is 12.9 Å². The molecular weight excluding hydrogens is 407 g/mol.